The largest absolute Gasteiger partial charge is 0.396 e. The maximum Gasteiger partial charge on any atom is 0.263 e. The molecule has 3 aromatic heterocycles. The molecule has 3 aromatic rings. The van der Waals surface area contributed by atoms with Gasteiger partial charge < -0.3 is 21.3 Å². The highest BCUT2D eigenvalue weighted by atomic mass is 32.1. The summed E-state index contributed by atoms with van der Waals surface area (Å²) < 4.78 is 14.4. The number of anilines is 2. The highest BCUT2D eigenvalue weighted by Gasteiger charge is 2.33. The Morgan fingerprint density at radius 1 is 1.30 bits per heavy atom. The van der Waals surface area contributed by atoms with Gasteiger partial charge in [0.05, 0.1) is 22.1 Å². The zero-order valence-corrected chi connectivity index (χ0v) is 20.5. The van der Waals surface area contributed by atoms with Crippen molar-refractivity contribution in [3.05, 3.63) is 33.3 Å². The fourth-order valence-electron chi connectivity index (χ4n) is 4.93. The minimum Gasteiger partial charge on any atom is -0.396 e. The fraction of sp³-hybridized carbons (Fsp3) is 0.522. The number of carbonyl (C=O) groups is 1. The molecule has 7 nitrogen and oxygen atoms in total. The molecule has 4 heterocycles. The van der Waals surface area contributed by atoms with Crippen molar-refractivity contribution < 1.29 is 9.18 Å². The minimum atomic E-state index is -0.317. The lowest BCUT2D eigenvalue weighted by molar-refractivity contribution is 0.0938. The van der Waals surface area contributed by atoms with E-state index in [9.17, 15) is 9.18 Å². The second-order valence-electron chi connectivity index (χ2n) is 8.88. The van der Waals surface area contributed by atoms with Crippen LogP contribution in [0.2, 0.25) is 0 Å². The number of rotatable bonds is 6. The molecule has 1 aliphatic carbocycles. The molecule has 1 aliphatic heterocycles. The van der Waals surface area contributed by atoms with Crippen molar-refractivity contribution in [1.29, 1.82) is 0 Å². The number of nitrogens with one attached hydrogen (secondary N) is 2. The number of fused-ring (bicyclic) bond motifs is 2. The van der Waals surface area contributed by atoms with Crippen molar-refractivity contribution in [1.82, 2.24) is 20.6 Å². The quantitative estimate of drug-likeness (QED) is 0.493. The lowest BCUT2D eigenvalue weighted by Crippen LogP contribution is -2.39. The number of thiazole rings is 1. The monoisotopic (exact) mass is 488 g/mol. The Balaban J connectivity index is 1.25. The number of nitrogens with two attached hydrogens (primary N) is 1. The zero-order valence-electron chi connectivity index (χ0n) is 18.9. The van der Waals surface area contributed by atoms with Gasteiger partial charge >= 0.3 is 0 Å². The molecule has 10 heteroatoms. The summed E-state index contributed by atoms with van der Waals surface area (Å²) in [5.74, 6) is 0.799. The van der Waals surface area contributed by atoms with Gasteiger partial charge in [0.15, 0.2) is 0 Å². The van der Waals surface area contributed by atoms with Crippen LogP contribution in [-0.4, -0.2) is 54.3 Å². The van der Waals surface area contributed by atoms with Crippen LogP contribution >= 0.6 is 22.7 Å². The molecule has 0 radical (unpaired) electrons. The average Bonchev–Trinajstić information content (AvgIpc) is 3.47. The van der Waals surface area contributed by atoms with E-state index in [1.165, 1.54) is 22.7 Å². The number of carbonyl (C=O) groups excluding carboxylic acids is 1. The first-order valence-corrected chi connectivity index (χ1v) is 13.1. The smallest absolute Gasteiger partial charge is 0.263 e. The van der Waals surface area contributed by atoms with Gasteiger partial charge in [-0.1, -0.05) is 13.0 Å². The fourth-order valence-corrected chi connectivity index (χ4v) is 7.02. The number of amides is 1. The van der Waals surface area contributed by atoms with Crippen LogP contribution in [-0.2, 0) is 12.8 Å². The maximum atomic E-state index is 13.5. The van der Waals surface area contributed by atoms with E-state index in [4.69, 9.17) is 10.7 Å². The van der Waals surface area contributed by atoms with E-state index >= 15 is 0 Å². The van der Waals surface area contributed by atoms with Crippen molar-refractivity contribution in [2.24, 2.45) is 5.92 Å². The van der Waals surface area contributed by atoms with Crippen LogP contribution in [0.25, 0.3) is 9.53 Å². The van der Waals surface area contributed by atoms with Gasteiger partial charge in [-0.25, -0.2) is 9.97 Å². The van der Waals surface area contributed by atoms with Gasteiger partial charge in [-0.3, -0.25) is 9.18 Å². The number of alkyl halides is 1. The molecular formula is C23H29FN6OS2. The molecular weight excluding hydrogens is 459 g/mol. The van der Waals surface area contributed by atoms with Gasteiger partial charge in [0.1, 0.15) is 15.5 Å². The SMILES string of the molecule is CCNC1CN(c2ccc3c(n2)CCC(NC(=O)c2sc4nc(C)sc4c2N)C3)CC1CF. The molecule has 2 aliphatic rings. The van der Waals surface area contributed by atoms with Gasteiger partial charge in [-0.2, -0.15) is 0 Å². The Kier molecular flexibility index (Phi) is 6.24. The number of halogens is 1. The summed E-state index contributed by atoms with van der Waals surface area (Å²) in [5, 5.41) is 7.52. The Labute approximate surface area is 200 Å². The third kappa shape index (κ3) is 4.31. The third-order valence-electron chi connectivity index (χ3n) is 6.61. The lowest BCUT2D eigenvalue weighted by atomic mass is 9.91. The summed E-state index contributed by atoms with van der Waals surface area (Å²) in [5.41, 5.74) is 9.02. The number of thiophene rings is 1. The second kappa shape index (κ2) is 9.15. The van der Waals surface area contributed by atoms with Gasteiger partial charge in [0.25, 0.3) is 5.91 Å². The van der Waals surface area contributed by atoms with Crippen molar-refractivity contribution in [2.45, 2.75) is 45.2 Å². The standard InChI is InChI=1S/C23H29FN6OS2/c1-3-26-17-11-30(10-14(17)9-24)18-7-4-13-8-15(5-6-16(13)29-18)28-22(31)20-19(25)21-23(33-20)27-12(2)32-21/h4,7,14-15,17,26H,3,5-6,8-11,25H2,1-2H3,(H,28,31). The number of nitrogens with zero attached hydrogens (tertiary/aromatic N) is 3. The number of aryl methyl sites for hydroxylation is 2. The molecule has 1 amide bonds. The predicted molar refractivity (Wildman–Crippen MR) is 133 cm³/mol. The van der Waals surface area contributed by atoms with E-state index in [1.807, 2.05) is 13.0 Å². The normalized spacial score (nSPS) is 22.6. The van der Waals surface area contributed by atoms with Crippen molar-refractivity contribution in [3.8, 4) is 0 Å². The van der Waals surface area contributed by atoms with Crippen LogP contribution in [0.15, 0.2) is 12.1 Å². The predicted octanol–water partition coefficient (Wildman–Crippen LogP) is 3.31. The number of pyridine rings is 1. The van der Waals surface area contributed by atoms with Crippen LogP contribution in [0.5, 0.6) is 0 Å². The van der Waals surface area contributed by atoms with E-state index in [1.54, 1.807) is 0 Å². The van der Waals surface area contributed by atoms with Crippen molar-refractivity contribution >= 4 is 49.6 Å². The highest BCUT2D eigenvalue weighted by Crippen LogP contribution is 2.37. The second-order valence-corrected chi connectivity index (χ2v) is 11.1. The molecule has 33 heavy (non-hydrogen) atoms. The number of nitrogen functional groups attached to an aromatic ring is 1. The first-order valence-electron chi connectivity index (χ1n) is 11.5. The molecule has 0 bridgehead atoms. The van der Waals surface area contributed by atoms with Gasteiger partial charge in [0, 0.05) is 36.8 Å². The van der Waals surface area contributed by atoms with Crippen LogP contribution in [0, 0.1) is 12.8 Å². The Morgan fingerprint density at radius 2 is 2.15 bits per heavy atom. The molecule has 0 spiro atoms. The zero-order chi connectivity index (χ0) is 23.1. The van der Waals surface area contributed by atoms with E-state index in [0.717, 1.165) is 64.0 Å². The summed E-state index contributed by atoms with van der Waals surface area (Å²) in [4.78, 5) is 25.8. The maximum absolute atomic E-state index is 13.5. The molecule has 5 rings (SSSR count). The van der Waals surface area contributed by atoms with E-state index in [2.05, 4.69) is 33.5 Å². The molecule has 176 valence electrons. The number of likely N-dealkylation sites (N-methyl/N-ethyl adjacent to an activating group) is 1. The Morgan fingerprint density at radius 3 is 2.91 bits per heavy atom. The molecule has 1 saturated heterocycles. The van der Waals surface area contributed by atoms with E-state index < -0.39 is 0 Å². The average molecular weight is 489 g/mol. The summed E-state index contributed by atoms with van der Waals surface area (Å²) in [7, 11) is 0. The minimum absolute atomic E-state index is 0.00133. The summed E-state index contributed by atoms with van der Waals surface area (Å²) in [6.07, 6.45) is 2.39. The van der Waals surface area contributed by atoms with E-state index in [-0.39, 0.29) is 30.6 Å². The number of hydrogen-bond donors (Lipinski definition) is 3. The van der Waals surface area contributed by atoms with Crippen molar-refractivity contribution in [3.63, 3.8) is 0 Å². The molecule has 3 unspecified atom stereocenters. The molecule has 4 N–H and O–H groups in total. The molecule has 0 aromatic carbocycles. The van der Waals surface area contributed by atoms with Crippen molar-refractivity contribution in [2.75, 3.05) is 36.9 Å². The summed E-state index contributed by atoms with van der Waals surface area (Å²) in [6.45, 7) is 5.98. The number of aromatic nitrogens is 2. The molecule has 3 atom stereocenters. The van der Waals surface area contributed by atoms with Gasteiger partial charge in [-0.05, 0) is 44.4 Å². The van der Waals surface area contributed by atoms with Crippen LogP contribution in [0.4, 0.5) is 15.9 Å². The highest BCUT2D eigenvalue weighted by molar-refractivity contribution is 7.29. The summed E-state index contributed by atoms with van der Waals surface area (Å²) in [6, 6.07) is 4.36. The molecule has 1 fully saturated rings. The first-order chi connectivity index (χ1) is 16.0. The lowest BCUT2D eigenvalue weighted by Gasteiger charge is -2.26. The van der Waals surface area contributed by atoms with Crippen LogP contribution in [0.1, 0.15) is 39.3 Å². The summed E-state index contributed by atoms with van der Waals surface area (Å²) >= 11 is 2.89. The Hall–Kier alpha value is -2.30. The van der Waals surface area contributed by atoms with E-state index in [0.29, 0.717) is 17.1 Å². The molecule has 0 saturated carbocycles. The topological polar surface area (TPSA) is 96.2 Å². The van der Waals surface area contributed by atoms with Crippen LogP contribution < -0.4 is 21.3 Å². The van der Waals surface area contributed by atoms with Crippen LogP contribution in [0.3, 0.4) is 0 Å². The van der Waals surface area contributed by atoms with Gasteiger partial charge in [-0.15, -0.1) is 22.7 Å². The van der Waals surface area contributed by atoms with Gasteiger partial charge in [0.2, 0.25) is 0 Å². The first kappa shape index (κ1) is 22.5. The Bertz CT molecular complexity index is 1180. The number of hydrogen-bond acceptors (Lipinski definition) is 8. The third-order valence-corrected chi connectivity index (χ3v) is 8.84.